The molecule has 53 heavy (non-hydrogen) atoms. The van der Waals surface area contributed by atoms with Crippen LogP contribution in [0.15, 0.2) is 72.2 Å². The van der Waals surface area contributed by atoms with Crippen LogP contribution in [0.25, 0.3) is 22.5 Å². The van der Waals surface area contributed by atoms with Crippen LogP contribution < -0.4 is 5.73 Å². The van der Waals surface area contributed by atoms with E-state index < -0.39 is 66.8 Å². The zero-order chi connectivity index (χ0) is 39.0. The van der Waals surface area contributed by atoms with Crippen LogP contribution in [0.5, 0.6) is 0 Å². The van der Waals surface area contributed by atoms with Crippen LogP contribution in [0, 0.1) is 10.8 Å². The zero-order valence-electron chi connectivity index (χ0n) is 29.4. The molecule has 2 aromatic carbocycles. The van der Waals surface area contributed by atoms with E-state index >= 15 is 0 Å². The molecule has 5 rings (SSSR count). The first-order valence-electron chi connectivity index (χ1n) is 16.4. The molecule has 1 aliphatic heterocycles. The number of rotatable bonds is 13. The number of alkyl halides is 6. The van der Waals surface area contributed by atoms with E-state index in [0.29, 0.717) is 25.9 Å². The summed E-state index contributed by atoms with van der Waals surface area (Å²) in [6, 6.07) is 9.58. The van der Waals surface area contributed by atoms with Crippen LogP contribution in [0.1, 0.15) is 77.7 Å². The first kappa shape index (κ1) is 39.3. The fourth-order valence-electron chi connectivity index (χ4n) is 6.20. The van der Waals surface area contributed by atoms with E-state index in [0.717, 1.165) is 11.1 Å². The van der Waals surface area contributed by atoms with Gasteiger partial charge in [0.05, 0.1) is 23.7 Å². The third kappa shape index (κ3) is 8.21. The molecule has 0 bridgehead atoms. The number of imidazole rings is 1. The average Bonchev–Trinajstić information content (AvgIpc) is 3.81. The second-order valence-corrected chi connectivity index (χ2v) is 15.1. The Morgan fingerprint density at radius 1 is 0.981 bits per heavy atom. The molecule has 0 aliphatic carbocycles. The molecule has 0 spiro atoms. The second-order valence-electron chi connectivity index (χ2n) is 14.6. The van der Waals surface area contributed by atoms with E-state index in [4.69, 9.17) is 27.1 Å². The number of nitrogens with zero attached hydrogens (tertiary/aromatic N) is 6. The number of hydrogen-bond donors (Lipinski definition) is 1. The van der Waals surface area contributed by atoms with Gasteiger partial charge in [-0.1, -0.05) is 76.6 Å². The largest absolute Gasteiger partial charge is 0.463 e. The molecule has 2 N–H and O–H groups in total. The molecule has 1 aliphatic rings. The normalized spacial score (nSPS) is 17.3. The molecule has 4 aromatic rings. The van der Waals surface area contributed by atoms with Crippen molar-refractivity contribution >= 4 is 29.4 Å². The molecule has 0 radical (unpaired) electrons. The highest BCUT2D eigenvalue weighted by Gasteiger charge is 2.53. The standard InChI is InChI=1S/C36H38ClF6N7O3/c1-34(2,3)19-36(23-9-6-20(7-10-23)22-16-46-49(17-22)32(42)43)30(52)50(33(44)47-36)26(18-53-27(51)15-35(4,5)29(38)39)21-8-11-25(37)24(14-21)28-45-12-13-48(28)31(40)41/h6-14,16-17,26,29,31-32H,15,18-19H2,1-5H3,(H2,44,47)/t26-,36-/m1/s1. The summed E-state index contributed by atoms with van der Waals surface area (Å²) < 4.78 is 88.0. The second kappa shape index (κ2) is 14.9. The lowest BCUT2D eigenvalue weighted by atomic mass is 9.75. The minimum Gasteiger partial charge on any atom is -0.463 e. The van der Waals surface area contributed by atoms with E-state index in [1.54, 1.807) is 24.3 Å². The number of aliphatic imine (C=N–C) groups is 1. The molecule has 0 saturated carbocycles. The van der Waals surface area contributed by atoms with Gasteiger partial charge in [0, 0.05) is 35.1 Å². The van der Waals surface area contributed by atoms with Crippen LogP contribution in [0.2, 0.25) is 5.02 Å². The lowest BCUT2D eigenvalue weighted by molar-refractivity contribution is -0.152. The molecular formula is C36H38ClF6N7O3. The van der Waals surface area contributed by atoms with Crippen molar-refractivity contribution in [1.29, 1.82) is 0 Å². The minimum absolute atomic E-state index is 0.0481. The number of hydrogen-bond acceptors (Lipinski definition) is 7. The summed E-state index contributed by atoms with van der Waals surface area (Å²) in [5.74, 6) is -2.04. The lowest BCUT2D eigenvalue weighted by Gasteiger charge is -2.35. The third-order valence-corrected chi connectivity index (χ3v) is 9.14. The Morgan fingerprint density at radius 2 is 1.66 bits per heavy atom. The Balaban J connectivity index is 1.59. The van der Waals surface area contributed by atoms with Crippen molar-refractivity contribution in [1.82, 2.24) is 24.2 Å². The van der Waals surface area contributed by atoms with Crippen LogP contribution >= 0.6 is 11.6 Å². The summed E-state index contributed by atoms with van der Waals surface area (Å²) in [6.07, 6.45) is 1.35. The molecule has 2 atom stereocenters. The van der Waals surface area contributed by atoms with Gasteiger partial charge < -0.3 is 10.5 Å². The molecule has 3 heterocycles. The third-order valence-electron chi connectivity index (χ3n) is 8.81. The van der Waals surface area contributed by atoms with Crippen molar-refractivity contribution < 1.29 is 40.7 Å². The van der Waals surface area contributed by atoms with Gasteiger partial charge in [0.15, 0.2) is 11.5 Å². The summed E-state index contributed by atoms with van der Waals surface area (Å²) in [5.41, 5.74) is 4.34. The predicted octanol–water partition coefficient (Wildman–Crippen LogP) is 8.61. The number of aromatic nitrogens is 4. The number of esters is 1. The Kier molecular flexibility index (Phi) is 11.0. The quantitative estimate of drug-likeness (QED) is 0.108. The number of benzene rings is 2. The summed E-state index contributed by atoms with van der Waals surface area (Å²) in [4.78, 5) is 37.7. The Morgan fingerprint density at radius 3 is 2.25 bits per heavy atom. The van der Waals surface area contributed by atoms with E-state index in [-0.39, 0.29) is 34.4 Å². The van der Waals surface area contributed by atoms with Crippen LogP contribution in [-0.2, 0) is 19.9 Å². The number of guanidine groups is 1. The van der Waals surface area contributed by atoms with E-state index in [2.05, 4.69) is 10.1 Å². The SMILES string of the molecule is CC(C)(C)C[C@]1(c2ccc(-c3cnn(C(F)F)c3)cc2)N=C(N)N([C@H](COC(=O)CC(C)(C)C(F)F)c2ccc(Cl)c(-c3nccn3C(F)F)c2)C1=O. The van der Waals surface area contributed by atoms with Gasteiger partial charge in [-0.15, -0.1) is 0 Å². The number of nitrogens with two attached hydrogens (primary N) is 1. The van der Waals surface area contributed by atoms with Crippen LogP contribution in [0.3, 0.4) is 0 Å². The summed E-state index contributed by atoms with van der Waals surface area (Å²) >= 11 is 6.46. The maximum absolute atomic E-state index is 14.9. The fraction of sp³-hybridized carbons (Fsp3) is 0.417. The Bertz CT molecular complexity index is 1990. The number of ether oxygens (including phenoxy) is 1. The highest BCUT2D eigenvalue weighted by atomic mass is 35.5. The number of carbonyl (C=O) groups excluding carboxylic acids is 2. The van der Waals surface area contributed by atoms with Gasteiger partial charge in [0.25, 0.3) is 5.91 Å². The number of carbonyl (C=O) groups is 2. The predicted molar refractivity (Wildman–Crippen MR) is 185 cm³/mol. The maximum Gasteiger partial charge on any atom is 0.333 e. The first-order valence-corrected chi connectivity index (χ1v) is 16.8. The van der Waals surface area contributed by atoms with Crippen LogP contribution in [-0.4, -0.2) is 55.1 Å². The maximum atomic E-state index is 14.9. The average molecular weight is 766 g/mol. The molecule has 0 saturated heterocycles. The number of halogens is 7. The lowest BCUT2D eigenvalue weighted by Crippen LogP contribution is -2.47. The molecule has 10 nitrogen and oxygen atoms in total. The van der Waals surface area contributed by atoms with Gasteiger partial charge in [-0.05, 0) is 40.7 Å². The minimum atomic E-state index is -2.96. The molecule has 1 amide bonds. The van der Waals surface area contributed by atoms with Gasteiger partial charge in [0.2, 0.25) is 6.43 Å². The molecule has 17 heteroatoms. The van der Waals surface area contributed by atoms with Crippen molar-refractivity contribution in [3.63, 3.8) is 0 Å². The molecule has 2 aromatic heterocycles. The zero-order valence-corrected chi connectivity index (χ0v) is 30.2. The van der Waals surface area contributed by atoms with E-state index in [9.17, 15) is 35.9 Å². The van der Waals surface area contributed by atoms with Crippen molar-refractivity contribution in [2.24, 2.45) is 21.6 Å². The van der Waals surface area contributed by atoms with Crippen LogP contribution in [0.4, 0.5) is 26.3 Å². The van der Waals surface area contributed by atoms with Crippen molar-refractivity contribution in [2.45, 2.75) is 78.6 Å². The Hall–Kier alpha value is -4.86. The smallest absolute Gasteiger partial charge is 0.333 e. The van der Waals surface area contributed by atoms with Gasteiger partial charge in [-0.25, -0.2) is 23.4 Å². The molecular weight excluding hydrogens is 728 g/mol. The summed E-state index contributed by atoms with van der Waals surface area (Å²) in [6.45, 7) is 1.72. The topological polar surface area (TPSA) is 121 Å². The molecule has 0 fully saturated rings. The highest BCUT2D eigenvalue weighted by molar-refractivity contribution is 6.33. The summed E-state index contributed by atoms with van der Waals surface area (Å²) in [5, 5.41) is 3.73. The molecule has 284 valence electrons. The van der Waals surface area contributed by atoms with E-state index in [1.807, 2.05) is 20.8 Å². The van der Waals surface area contributed by atoms with Crippen molar-refractivity contribution in [3.8, 4) is 22.5 Å². The Labute approximate surface area is 306 Å². The number of amides is 1. The first-order chi connectivity index (χ1) is 24.7. The van der Waals surface area contributed by atoms with Crippen molar-refractivity contribution in [2.75, 3.05) is 6.61 Å². The van der Waals surface area contributed by atoms with Gasteiger partial charge >= 0.3 is 19.1 Å². The van der Waals surface area contributed by atoms with Gasteiger partial charge in [-0.2, -0.15) is 22.7 Å². The monoisotopic (exact) mass is 765 g/mol. The summed E-state index contributed by atoms with van der Waals surface area (Å²) in [7, 11) is 0. The van der Waals surface area contributed by atoms with Gasteiger partial charge in [0.1, 0.15) is 12.4 Å². The highest BCUT2D eigenvalue weighted by Crippen LogP contribution is 2.46. The van der Waals surface area contributed by atoms with E-state index in [1.165, 1.54) is 50.6 Å². The van der Waals surface area contributed by atoms with Crippen molar-refractivity contribution in [3.05, 3.63) is 83.4 Å². The molecule has 0 unspecified atom stereocenters. The van der Waals surface area contributed by atoms with Gasteiger partial charge in [-0.3, -0.25) is 19.1 Å². The fourth-order valence-corrected chi connectivity index (χ4v) is 6.40.